The minimum atomic E-state index is -0.840. The first kappa shape index (κ1) is 8.09. The van der Waals surface area contributed by atoms with Gasteiger partial charge in [-0.2, -0.15) is 0 Å². The Kier molecular flexibility index (Phi) is 2.16. The van der Waals surface area contributed by atoms with E-state index in [9.17, 15) is 4.79 Å². The van der Waals surface area contributed by atoms with Crippen LogP contribution in [0.4, 0.5) is 0 Å². The third kappa shape index (κ3) is 1.36. The molecule has 1 rings (SSSR count). The fourth-order valence-electron chi connectivity index (χ4n) is 1.19. The van der Waals surface area contributed by atoms with Crippen molar-refractivity contribution in [2.75, 3.05) is 13.2 Å². The number of hydrogen-bond donors (Lipinski definition) is 1. The molecule has 1 N–H and O–H groups in total. The molecule has 1 saturated heterocycles. The molecule has 1 heterocycles. The predicted octanol–water partition coefficient (Wildman–Crippen LogP) is 0.501. The third-order valence-corrected chi connectivity index (χ3v) is 2.00. The molecule has 60 valence electrons. The highest BCUT2D eigenvalue weighted by Crippen LogP contribution is 2.31. The third-order valence-electron chi connectivity index (χ3n) is 2.00. The molecule has 1 atom stereocenters. The van der Waals surface area contributed by atoms with Gasteiger partial charge >= 0.3 is 5.97 Å². The Labute approximate surface area is 65.4 Å². The SMILES string of the molecule is C#CCC1(C(=O)O)CCOC1. The minimum absolute atomic E-state index is 0.256. The molecule has 3 nitrogen and oxygen atoms in total. The molecule has 0 aromatic rings. The van der Waals surface area contributed by atoms with Gasteiger partial charge in [-0.05, 0) is 6.42 Å². The van der Waals surface area contributed by atoms with Gasteiger partial charge in [0.2, 0.25) is 0 Å². The van der Waals surface area contributed by atoms with Crippen LogP contribution in [0.3, 0.4) is 0 Å². The Hall–Kier alpha value is -1.01. The fourth-order valence-corrected chi connectivity index (χ4v) is 1.19. The van der Waals surface area contributed by atoms with Crippen LogP contribution < -0.4 is 0 Å². The van der Waals surface area contributed by atoms with E-state index in [0.29, 0.717) is 13.0 Å². The monoisotopic (exact) mass is 154 g/mol. The summed E-state index contributed by atoms with van der Waals surface area (Å²) in [6, 6.07) is 0. The number of aliphatic carboxylic acids is 1. The average molecular weight is 154 g/mol. The van der Waals surface area contributed by atoms with Crippen molar-refractivity contribution >= 4 is 5.97 Å². The molecule has 1 fully saturated rings. The summed E-state index contributed by atoms with van der Waals surface area (Å²) in [5, 5.41) is 8.82. The molecule has 0 bridgehead atoms. The molecule has 1 unspecified atom stereocenters. The molecule has 0 amide bonds. The van der Waals surface area contributed by atoms with Gasteiger partial charge in [0, 0.05) is 13.0 Å². The summed E-state index contributed by atoms with van der Waals surface area (Å²) in [5.74, 6) is 1.53. The molecule has 1 aliphatic heterocycles. The van der Waals surface area contributed by atoms with Crippen molar-refractivity contribution in [1.82, 2.24) is 0 Å². The molecule has 1 aliphatic rings. The Balaban J connectivity index is 2.72. The summed E-state index contributed by atoms with van der Waals surface area (Å²) in [5.41, 5.74) is -0.797. The highest BCUT2D eigenvalue weighted by Gasteiger charge is 2.41. The lowest BCUT2D eigenvalue weighted by Gasteiger charge is -2.17. The Morgan fingerprint density at radius 1 is 1.82 bits per heavy atom. The van der Waals surface area contributed by atoms with E-state index in [1.807, 2.05) is 0 Å². The molecule has 11 heavy (non-hydrogen) atoms. The van der Waals surface area contributed by atoms with Crippen molar-refractivity contribution in [3.63, 3.8) is 0 Å². The Morgan fingerprint density at radius 2 is 2.55 bits per heavy atom. The summed E-state index contributed by atoms with van der Waals surface area (Å²) in [6.07, 6.45) is 5.86. The van der Waals surface area contributed by atoms with Crippen LogP contribution in [0, 0.1) is 17.8 Å². The Morgan fingerprint density at radius 3 is 2.91 bits per heavy atom. The number of carbonyl (C=O) groups is 1. The van der Waals surface area contributed by atoms with Crippen LogP contribution in [-0.4, -0.2) is 24.3 Å². The summed E-state index contributed by atoms with van der Waals surface area (Å²) in [7, 11) is 0. The summed E-state index contributed by atoms with van der Waals surface area (Å²) in [6.45, 7) is 0.764. The molecule has 0 aromatic heterocycles. The largest absolute Gasteiger partial charge is 0.481 e. The van der Waals surface area contributed by atoms with Gasteiger partial charge in [0.25, 0.3) is 0 Å². The van der Waals surface area contributed by atoms with E-state index in [2.05, 4.69) is 5.92 Å². The molecule has 0 saturated carbocycles. The summed E-state index contributed by atoms with van der Waals surface area (Å²) >= 11 is 0. The number of carboxylic acid groups (broad SMARTS) is 1. The molecule has 0 radical (unpaired) electrons. The van der Waals surface area contributed by atoms with Crippen LogP contribution in [0.25, 0.3) is 0 Å². The van der Waals surface area contributed by atoms with Crippen molar-refractivity contribution in [3.8, 4) is 12.3 Å². The first-order valence-corrected chi connectivity index (χ1v) is 3.46. The second kappa shape index (κ2) is 2.93. The van der Waals surface area contributed by atoms with E-state index in [0.717, 1.165) is 0 Å². The fraction of sp³-hybridized carbons (Fsp3) is 0.625. The van der Waals surface area contributed by atoms with Crippen LogP contribution >= 0.6 is 0 Å². The van der Waals surface area contributed by atoms with E-state index in [1.165, 1.54) is 0 Å². The number of terminal acetylenes is 1. The van der Waals surface area contributed by atoms with Crippen LogP contribution in [0.2, 0.25) is 0 Å². The van der Waals surface area contributed by atoms with Gasteiger partial charge in [0.1, 0.15) is 5.41 Å². The molecule has 0 aliphatic carbocycles. The molecular weight excluding hydrogens is 144 g/mol. The highest BCUT2D eigenvalue weighted by atomic mass is 16.5. The predicted molar refractivity (Wildman–Crippen MR) is 39.0 cm³/mol. The lowest BCUT2D eigenvalue weighted by atomic mass is 9.84. The maximum Gasteiger partial charge on any atom is 0.313 e. The zero-order chi connectivity index (χ0) is 8.32. The number of ether oxygens (including phenoxy) is 1. The van der Waals surface area contributed by atoms with Crippen LogP contribution in [0.15, 0.2) is 0 Å². The van der Waals surface area contributed by atoms with Gasteiger partial charge in [-0.1, -0.05) is 0 Å². The van der Waals surface area contributed by atoms with Gasteiger partial charge in [-0.3, -0.25) is 4.79 Å². The van der Waals surface area contributed by atoms with E-state index < -0.39 is 11.4 Å². The number of hydrogen-bond acceptors (Lipinski definition) is 2. The highest BCUT2D eigenvalue weighted by molar-refractivity contribution is 5.75. The van der Waals surface area contributed by atoms with Crippen LogP contribution in [0.1, 0.15) is 12.8 Å². The van der Waals surface area contributed by atoms with Gasteiger partial charge < -0.3 is 9.84 Å². The van der Waals surface area contributed by atoms with Crippen molar-refractivity contribution in [2.24, 2.45) is 5.41 Å². The zero-order valence-corrected chi connectivity index (χ0v) is 6.17. The van der Waals surface area contributed by atoms with Crippen molar-refractivity contribution in [1.29, 1.82) is 0 Å². The first-order valence-electron chi connectivity index (χ1n) is 3.46. The lowest BCUT2D eigenvalue weighted by molar-refractivity contribution is -0.148. The van der Waals surface area contributed by atoms with Gasteiger partial charge in [0.15, 0.2) is 0 Å². The first-order chi connectivity index (χ1) is 5.21. The van der Waals surface area contributed by atoms with Crippen molar-refractivity contribution in [3.05, 3.63) is 0 Å². The number of rotatable bonds is 2. The van der Waals surface area contributed by atoms with Crippen molar-refractivity contribution in [2.45, 2.75) is 12.8 Å². The van der Waals surface area contributed by atoms with Crippen LogP contribution in [-0.2, 0) is 9.53 Å². The van der Waals surface area contributed by atoms with Gasteiger partial charge in [-0.15, -0.1) is 12.3 Å². The van der Waals surface area contributed by atoms with E-state index in [1.54, 1.807) is 0 Å². The molecule has 0 aromatic carbocycles. The Bertz CT molecular complexity index is 196. The zero-order valence-electron chi connectivity index (χ0n) is 6.17. The molecule has 0 spiro atoms. The topological polar surface area (TPSA) is 46.5 Å². The normalized spacial score (nSPS) is 29.7. The van der Waals surface area contributed by atoms with Gasteiger partial charge in [0.05, 0.1) is 6.61 Å². The van der Waals surface area contributed by atoms with E-state index in [4.69, 9.17) is 16.3 Å². The quantitative estimate of drug-likeness (QED) is 0.589. The smallest absolute Gasteiger partial charge is 0.313 e. The summed E-state index contributed by atoms with van der Waals surface area (Å²) in [4.78, 5) is 10.7. The maximum atomic E-state index is 10.7. The summed E-state index contributed by atoms with van der Waals surface area (Å²) < 4.78 is 5.00. The van der Waals surface area contributed by atoms with Crippen molar-refractivity contribution < 1.29 is 14.6 Å². The average Bonchev–Trinajstić information content (AvgIpc) is 2.38. The van der Waals surface area contributed by atoms with E-state index in [-0.39, 0.29) is 13.0 Å². The molecular formula is C8H10O3. The maximum absolute atomic E-state index is 10.7. The van der Waals surface area contributed by atoms with Gasteiger partial charge in [-0.25, -0.2) is 0 Å². The standard InChI is InChI=1S/C8H10O3/c1-2-3-8(7(9)10)4-5-11-6-8/h1H,3-6H2,(H,9,10). The second-order valence-electron chi connectivity index (χ2n) is 2.77. The molecule has 3 heteroatoms. The van der Waals surface area contributed by atoms with E-state index >= 15 is 0 Å². The number of carboxylic acids is 1. The minimum Gasteiger partial charge on any atom is -0.481 e. The lowest BCUT2D eigenvalue weighted by Crippen LogP contribution is -2.30. The second-order valence-corrected chi connectivity index (χ2v) is 2.77. The van der Waals surface area contributed by atoms with Crippen LogP contribution in [0.5, 0.6) is 0 Å².